The third-order valence-corrected chi connectivity index (χ3v) is 2.84. The Morgan fingerprint density at radius 2 is 2.29 bits per heavy atom. The molecule has 72 valence electrons. The molecule has 1 aliphatic heterocycles. The first-order valence-corrected chi connectivity index (χ1v) is 5.05. The molecule has 2 rings (SSSR count). The molecule has 0 aromatic rings. The summed E-state index contributed by atoms with van der Waals surface area (Å²) in [5, 5.41) is 8.71. The van der Waals surface area contributed by atoms with Crippen molar-refractivity contribution in [2.24, 2.45) is 10.9 Å². The summed E-state index contributed by atoms with van der Waals surface area (Å²) >= 11 is 0. The second-order valence-corrected chi connectivity index (χ2v) is 3.81. The van der Waals surface area contributed by atoms with E-state index in [1.165, 1.54) is 12.8 Å². The van der Waals surface area contributed by atoms with Crippen LogP contribution in [0.15, 0.2) is 16.6 Å². The highest BCUT2D eigenvalue weighted by Gasteiger charge is 2.24. The lowest BCUT2D eigenvalue weighted by molar-refractivity contribution is -0.114. The number of hydrogen-bond donors (Lipinski definition) is 0. The van der Waals surface area contributed by atoms with Gasteiger partial charge in [-0.25, -0.2) is 4.99 Å². The van der Waals surface area contributed by atoms with Crippen molar-refractivity contribution in [1.82, 2.24) is 0 Å². The molecule has 0 saturated heterocycles. The maximum absolute atomic E-state index is 11.3. The molecule has 1 atom stereocenters. The Kier molecular flexibility index (Phi) is 2.45. The van der Waals surface area contributed by atoms with Crippen molar-refractivity contribution in [2.75, 3.05) is 0 Å². The van der Waals surface area contributed by atoms with Crippen LogP contribution in [0.3, 0.4) is 0 Å². The van der Waals surface area contributed by atoms with Gasteiger partial charge in [-0.05, 0) is 19.3 Å². The van der Waals surface area contributed by atoms with Crippen LogP contribution in [0.5, 0.6) is 0 Å². The number of amides is 1. The van der Waals surface area contributed by atoms with Crippen molar-refractivity contribution >= 4 is 11.6 Å². The number of dihydropyridines is 1. The zero-order valence-electron chi connectivity index (χ0n) is 7.99. The molecule has 1 heterocycles. The summed E-state index contributed by atoms with van der Waals surface area (Å²) in [6.07, 6.45) is 7.27. The first kappa shape index (κ1) is 9.14. The molecule has 1 unspecified atom stereocenters. The monoisotopic (exact) mass is 188 g/mol. The molecule has 14 heavy (non-hydrogen) atoms. The van der Waals surface area contributed by atoms with Crippen LogP contribution >= 0.6 is 0 Å². The van der Waals surface area contributed by atoms with E-state index in [2.05, 4.69) is 4.99 Å². The molecule has 0 N–H and O–H groups in total. The van der Waals surface area contributed by atoms with Crippen molar-refractivity contribution in [2.45, 2.75) is 32.1 Å². The smallest absolute Gasteiger partial charge is 0.266 e. The fraction of sp³-hybridized carbons (Fsp3) is 0.545. The topological polar surface area (TPSA) is 53.2 Å². The fourth-order valence-corrected chi connectivity index (χ4v) is 2.07. The van der Waals surface area contributed by atoms with Gasteiger partial charge >= 0.3 is 0 Å². The number of nitrogens with zero attached hydrogens (tertiary/aromatic N) is 2. The summed E-state index contributed by atoms with van der Waals surface area (Å²) in [6.45, 7) is 0. The molecule has 3 heteroatoms. The molecule has 0 aromatic heterocycles. The summed E-state index contributed by atoms with van der Waals surface area (Å²) in [5.74, 6) is -0.0921. The van der Waals surface area contributed by atoms with Crippen molar-refractivity contribution in [1.29, 1.82) is 5.26 Å². The minimum absolute atomic E-state index is 0.223. The van der Waals surface area contributed by atoms with Crippen LogP contribution in [0.2, 0.25) is 0 Å². The number of allylic oxidation sites excluding steroid dienone is 1. The lowest BCUT2D eigenvalue weighted by atomic mass is 9.93. The largest absolute Gasteiger partial charge is 0.287 e. The highest BCUT2D eigenvalue weighted by atomic mass is 16.1. The summed E-state index contributed by atoms with van der Waals surface area (Å²) in [4.78, 5) is 15.3. The molecule has 1 saturated carbocycles. The highest BCUT2D eigenvalue weighted by Crippen LogP contribution is 2.26. The van der Waals surface area contributed by atoms with Crippen molar-refractivity contribution < 1.29 is 4.79 Å². The normalized spacial score (nSPS) is 26.8. The number of aliphatic imine (C=N–C) groups is 1. The minimum atomic E-state index is -0.347. The van der Waals surface area contributed by atoms with Gasteiger partial charge in [0.2, 0.25) is 0 Å². The van der Waals surface area contributed by atoms with E-state index in [0.29, 0.717) is 0 Å². The Bertz CT molecular complexity index is 360. The summed E-state index contributed by atoms with van der Waals surface area (Å²) < 4.78 is 0. The number of fused-ring (bicyclic) bond motifs is 1. The first-order valence-electron chi connectivity index (χ1n) is 5.05. The van der Waals surface area contributed by atoms with Crippen LogP contribution in [0.4, 0.5) is 0 Å². The van der Waals surface area contributed by atoms with Gasteiger partial charge in [0.25, 0.3) is 5.91 Å². The molecule has 1 aliphatic carbocycles. The van der Waals surface area contributed by atoms with Gasteiger partial charge in [0.05, 0.1) is 0 Å². The van der Waals surface area contributed by atoms with E-state index >= 15 is 0 Å². The lowest BCUT2D eigenvalue weighted by Gasteiger charge is -2.16. The minimum Gasteiger partial charge on any atom is -0.266 e. The third kappa shape index (κ3) is 1.60. The van der Waals surface area contributed by atoms with Crippen LogP contribution in [0, 0.1) is 17.2 Å². The molecule has 2 aliphatic rings. The maximum atomic E-state index is 11.3. The summed E-state index contributed by atoms with van der Waals surface area (Å²) in [5.41, 5.74) is 1.21. The number of nitriles is 1. The van der Waals surface area contributed by atoms with Gasteiger partial charge in [-0.1, -0.05) is 18.9 Å². The predicted octanol–water partition coefficient (Wildman–Crippen LogP) is 2.00. The van der Waals surface area contributed by atoms with Crippen LogP contribution in [0.25, 0.3) is 0 Å². The van der Waals surface area contributed by atoms with Crippen molar-refractivity contribution in [3.05, 3.63) is 11.6 Å². The average Bonchev–Trinajstić information content (AvgIpc) is 2.41. The van der Waals surface area contributed by atoms with Gasteiger partial charge in [0.15, 0.2) is 0 Å². The average molecular weight is 188 g/mol. The van der Waals surface area contributed by atoms with Crippen molar-refractivity contribution in [3.8, 4) is 6.07 Å². The molecular weight excluding hydrogens is 176 g/mol. The zero-order valence-corrected chi connectivity index (χ0v) is 7.99. The SMILES string of the molecule is N#CC1=CC2CCCCCC2=NC1=O. The van der Waals surface area contributed by atoms with Gasteiger partial charge < -0.3 is 0 Å². The number of hydrogen-bond acceptors (Lipinski definition) is 2. The van der Waals surface area contributed by atoms with Crippen LogP contribution in [-0.2, 0) is 4.79 Å². The van der Waals surface area contributed by atoms with E-state index in [1.54, 1.807) is 6.08 Å². The van der Waals surface area contributed by atoms with E-state index in [4.69, 9.17) is 5.26 Å². The maximum Gasteiger partial charge on any atom is 0.287 e. The van der Waals surface area contributed by atoms with Gasteiger partial charge in [-0.3, -0.25) is 4.79 Å². The summed E-state index contributed by atoms with van der Waals surface area (Å²) in [6, 6.07) is 1.91. The molecule has 1 amide bonds. The van der Waals surface area contributed by atoms with Crippen LogP contribution < -0.4 is 0 Å². The van der Waals surface area contributed by atoms with E-state index in [9.17, 15) is 4.79 Å². The van der Waals surface area contributed by atoms with E-state index in [1.807, 2.05) is 6.07 Å². The fourth-order valence-electron chi connectivity index (χ4n) is 2.07. The Balaban J connectivity index is 2.28. The van der Waals surface area contributed by atoms with Gasteiger partial charge in [0.1, 0.15) is 11.6 Å². The first-order chi connectivity index (χ1) is 6.81. The Hall–Kier alpha value is -1.43. The molecule has 0 bridgehead atoms. The van der Waals surface area contributed by atoms with Crippen molar-refractivity contribution in [3.63, 3.8) is 0 Å². The lowest BCUT2D eigenvalue weighted by Crippen LogP contribution is -2.19. The van der Waals surface area contributed by atoms with E-state index < -0.39 is 0 Å². The molecule has 0 spiro atoms. The molecular formula is C11H12N2O. The Morgan fingerprint density at radius 3 is 3.07 bits per heavy atom. The molecule has 0 aromatic carbocycles. The van der Waals surface area contributed by atoms with E-state index in [0.717, 1.165) is 25.0 Å². The molecule has 0 radical (unpaired) electrons. The predicted molar refractivity (Wildman–Crippen MR) is 52.7 cm³/mol. The van der Waals surface area contributed by atoms with Crippen LogP contribution in [-0.4, -0.2) is 11.6 Å². The second-order valence-electron chi connectivity index (χ2n) is 3.81. The Morgan fingerprint density at radius 1 is 1.43 bits per heavy atom. The van der Waals surface area contributed by atoms with Gasteiger partial charge in [0, 0.05) is 11.6 Å². The quantitative estimate of drug-likeness (QED) is 0.583. The third-order valence-electron chi connectivity index (χ3n) is 2.84. The number of rotatable bonds is 0. The van der Waals surface area contributed by atoms with E-state index in [-0.39, 0.29) is 17.4 Å². The Labute approximate surface area is 83.1 Å². The number of carbonyl (C=O) groups is 1. The summed E-state index contributed by atoms with van der Waals surface area (Å²) in [7, 11) is 0. The highest BCUT2D eigenvalue weighted by molar-refractivity contribution is 6.09. The van der Waals surface area contributed by atoms with Gasteiger partial charge in [-0.2, -0.15) is 5.26 Å². The molecule has 3 nitrogen and oxygen atoms in total. The molecule has 1 fully saturated rings. The zero-order chi connectivity index (χ0) is 9.97. The van der Waals surface area contributed by atoms with Crippen LogP contribution in [0.1, 0.15) is 32.1 Å². The standard InChI is InChI=1S/C11H12N2O/c12-7-9-6-8-4-2-1-3-5-10(8)13-11(9)14/h6,8H,1-5H2. The second kappa shape index (κ2) is 3.75. The number of carbonyl (C=O) groups excluding carboxylic acids is 1. The van der Waals surface area contributed by atoms with Gasteiger partial charge in [-0.15, -0.1) is 0 Å².